The van der Waals surface area contributed by atoms with Crippen LogP contribution < -0.4 is 10.6 Å². The van der Waals surface area contributed by atoms with E-state index in [0.717, 1.165) is 5.69 Å². The lowest BCUT2D eigenvalue weighted by molar-refractivity contribution is -0.150. The number of hydrogen-bond acceptors (Lipinski definition) is 7. The summed E-state index contributed by atoms with van der Waals surface area (Å²) in [5.74, 6) is -0.602. The van der Waals surface area contributed by atoms with E-state index in [1.165, 1.54) is 31.2 Å². The zero-order chi connectivity index (χ0) is 26.9. The molecule has 1 aromatic heterocycles. The number of carbonyl (C=O) groups is 3. The average Bonchev–Trinajstić information content (AvgIpc) is 2.88. The molecule has 0 unspecified atom stereocenters. The minimum absolute atomic E-state index is 0.0891. The molecule has 1 aromatic carbocycles. The van der Waals surface area contributed by atoms with Gasteiger partial charge in [-0.1, -0.05) is 12.1 Å². The average molecular weight is 516 g/mol. The molecule has 200 valence electrons. The van der Waals surface area contributed by atoms with Crippen molar-refractivity contribution in [2.45, 2.75) is 20.4 Å². The fourth-order valence-electron chi connectivity index (χ4n) is 3.99. The molecule has 0 radical (unpaired) electrons. The van der Waals surface area contributed by atoms with Crippen LogP contribution in [0.3, 0.4) is 0 Å². The molecule has 0 spiro atoms. The zero-order valence-corrected chi connectivity index (χ0v) is 21.7. The Kier molecular flexibility index (Phi) is 9.75. The van der Waals surface area contributed by atoms with Gasteiger partial charge in [-0.2, -0.15) is 0 Å². The van der Waals surface area contributed by atoms with Gasteiger partial charge in [0.2, 0.25) is 5.91 Å². The van der Waals surface area contributed by atoms with Crippen LogP contribution in [0.25, 0.3) is 0 Å². The maximum atomic E-state index is 15.2. The number of carbonyl (C=O) groups excluding carboxylic acids is 3. The Morgan fingerprint density at radius 3 is 2.43 bits per heavy atom. The van der Waals surface area contributed by atoms with Gasteiger partial charge in [-0.05, 0) is 25.1 Å². The van der Waals surface area contributed by atoms with E-state index in [1.807, 2.05) is 11.9 Å². The topological polar surface area (TPSA) is 110 Å². The molecule has 0 aliphatic carbocycles. The molecule has 1 aliphatic heterocycles. The number of nitrogens with zero attached hydrogens (tertiary/aromatic N) is 5. The number of benzene rings is 1. The first-order valence-corrected chi connectivity index (χ1v) is 12.0. The number of halogens is 1. The normalized spacial score (nSPS) is 14.1. The second-order valence-electron chi connectivity index (χ2n) is 8.81. The Bertz CT molecular complexity index is 1090. The maximum Gasteiger partial charge on any atom is 0.409 e. The minimum atomic E-state index is -0.558. The summed E-state index contributed by atoms with van der Waals surface area (Å²) < 4.78 is 19.9. The molecule has 12 heteroatoms. The second-order valence-corrected chi connectivity index (χ2v) is 8.81. The molecule has 0 saturated carbocycles. The van der Waals surface area contributed by atoms with Crippen molar-refractivity contribution >= 4 is 29.4 Å². The van der Waals surface area contributed by atoms with Gasteiger partial charge in [-0.25, -0.2) is 19.0 Å². The van der Waals surface area contributed by atoms with Gasteiger partial charge in [0.05, 0.1) is 31.2 Å². The number of anilines is 2. The minimum Gasteiger partial charge on any atom is -0.453 e. The van der Waals surface area contributed by atoms with Crippen molar-refractivity contribution in [2.75, 3.05) is 64.1 Å². The zero-order valence-electron chi connectivity index (χ0n) is 21.7. The first-order valence-electron chi connectivity index (χ1n) is 12.0. The summed E-state index contributed by atoms with van der Waals surface area (Å²) in [6, 6.07) is 7.84. The van der Waals surface area contributed by atoms with Crippen LogP contribution in [0.2, 0.25) is 0 Å². The Balaban J connectivity index is 1.54. The Hall–Kier alpha value is -3.77. The monoisotopic (exact) mass is 515 g/mol. The molecule has 2 aromatic rings. The number of likely N-dealkylation sites (N-methyl/N-ethyl adjacent to an activating group) is 1. The number of rotatable bonds is 8. The van der Waals surface area contributed by atoms with Crippen LogP contribution in [-0.2, 0) is 16.1 Å². The van der Waals surface area contributed by atoms with Crippen molar-refractivity contribution in [3.05, 3.63) is 53.6 Å². The highest BCUT2D eigenvalue weighted by Crippen LogP contribution is 2.21. The van der Waals surface area contributed by atoms with Gasteiger partial charge >= 0.3 is 12.1 Å². The number of pyridine rings is 1. The third-order valence-electron chi connectivity index (χ3n) is 6.08. The molecule has 11 nitrogen and oxygen atoms in total. The van der Waals surface area contributed by atoms with Crippen LogP contribution in [0.1, 0.15) is 18.2 Å². The second kappa shape index (κ2) is 13.0. The van der Waals surface area contributed by atoms with Gasteiger partial charge in [0.1, 0.15) is 0 Å². The highest BCUT2D eigenvalue weighted by atomic mass is 19.1. The Morgan fingerprint density at radius 1 is 1.08 bits per heavy atom. The lowest BCUT2D eigenvalue weighted by Crippen LogP contribution is -2.56. The number of urea groups is 1. The molecule has 0 atom stereocenters. The largest absolute Gasteiger partial charge is 0.453 e. The quantitative estimate of drug-likeness (QED) is 0.556. The van der Waals surface area contributed by atoms with Crippen molar-refractivity contribution in [2.24, 2.45) is 0 Å². The highest BCUT2D eigenvalue weighted by Gasteiger charge is 2.25. The summed E-state index contributed by atoms with van der Waals surface area (Å²) in [6.07, 6.45) is 1.07. The number of hydrogen-bond donors (Lipinski definition) is 2. The molecular weight excluding hydrogens is 481 g/mol. The van der Waals surface area contributed by atoms with Gasteiger partial charge in [0.15, 0.2) is 5.82 Å². The van der Waals surface area contributed by atoms with Crippen LogP contribution in [0.5, 0.6) is 0 Å². The van der Waals surface area contributed by atoms with E-state index < -0.39 is 17.9 Å². The smallest absolute Gasteiger partial charge is 0.409 e. The number of methoxy groups -OCH3 is 1. The molecule has 2 N–H and O–H groups in total. The molecular formula is C25H34FN7O4. The van der Waals surface area contributed by atoms with Gasteiger partial charge < -0.3 is 20.3 Å². The fraction of sp³-hybridized carbons (Fsp3) is 0.440. The van der Waals surface area contributed by atoms with E-state index in [0.29, 0.717) is 57.1 Å². The van der Waals surface area contributed by atoms with E-state index in [9.17, 15) is 14.4 Å². The Labute approximate surface area is 216 Å². The number of ether oxygens (including phenoxy) is 1. The molecule has 1 fully saturated rings. The molecule has 1 saturated heterocycles. The lowest BCUT2D eigenvalue weighted by atomic mass is 10.1. The standard InChI is InChI=1S/C25H34FN7O4/c1-18-8-9-21(16-27-18)28-24(35)29-22-7-5-6-20(23(22)26)17-31-11-13-32(14-12-31)33(19(2)34)15-10-30(3)25(36)37-4/h5-9,16H,10-15,17H2,1-4H3,(H2,28,29,35). The summed E-state index contributed by atoms with van der Waals surface area (Å²) in [4.78, 5) is 43.8. The summed E-state index contributed by atoms with van der Waals surface area (Å²) >= 11 is 0. The number of amides is 4. The molecule has 37 heavy (non-hydrogen) atoms. The van der Waals surface area contributed by atoms with Crippen molar-refractivity contribution in [3.8, 4) is 0 Å². The van der Waals surface area contributed by atoms with Crippen molar-refractivity contribution in [3.63, 3.8) is 0 Å². The van der Waals surface area contributed by atoms with Crippen LogP contribution in [0.4, 0.5) is 25.4 Å². The molecule has 3 rings (SSSR count). The molecule has 1 aliphatic rings. The van der Waals surface area contributed by atoms with E-state index in [1.54, 1.807) is 36.3 Å². The number of hydrazine groups is 1. The van der Waals surface area contributed by atoms with Gasteiger partial charge in [-0.15, -0.1) is 0 Å². The lowest BCUT2D eigenvalue weighted by Gasteiger charge is -2.41. The third-order valence-corrected chi connectivity index (χ3v) is 6.08. The first-order chi connectivity index (χ1) is 17.7. The van der Waals surface area contributed by atoms with Crippen molar-refractivity contribution in [1.82, 2.24) is 24.8 Å². The van der Waals surface area contributed by atoms with E-state index in [4.69, 9.17) is 4.74 Å². The first kappa shape index (κ1) is 27.8. The molecule has 2 heterocycles. The van der Waals surface area contributed by atoms with Crippen LogP contribution in [0, 0.1) is 12.7 Å². The number of aryl methyl sites for hydroxylation is 1. The van der Waals surface area contributed by atoms with Crippen LogP contribution in [-0.4, -0.2) is 96.3 Å². The predicted octanol–water partition coefficient (Wildman–Crippen LogP) is 2.75. The molecule has 0 bridgehead atoms. The van der Waals surface area contributed by atoms with Gasteiger partial charge in [0.25, 0.3) is 0 Å². The number of piperazine rings is 1. The van der Waals surface area contributed by atoms with E-state index >= 15 is 4.39 Å². The van der Waals surface area contributed by atoms with E-state index in [2.05, 4.69) is 20.5 Å². The summed E-state index contributed by atoms with van der Waals surface area (Å²) in [6.45, 7) is 6.78. The maximum absolute atomic E-state index is 15.2. The van der Waals surface area contributed by atoms with Crippen LogP contribution in [0.15, 0.2) is 36.5 Å². The summed E-state index contributed by atoms with van der Waals surface area (Å²) in [5.41, 5.74) is 1.89. The van der Waals surface area contributed by atoms with Gasteiger partial charge in [0, 0.05) is 64.5 Å². The summed E-state index contributed by atoms with van der Waals surface area (Å²) in [5, 5.41) is 8.78. The Morgan fingerprint density at radius 2 is 1.81 bits per heavy atom. The van der Waals surface area contributed by atoms with Crippen molar-refractivity contribution < 1.29 is 23.5 Å². The highest BCUT2D eigenvalue weighted by molar-refractivity contribution is 5.99. The third kappa shape index (κ3) is 7.86. The number of nitrogens with one attached hydrogen (secondary N) is 2. The number of aromatic nitrogens is 1. The summed E-state index contributed by atoms with van der Waals surface area (Å²) in [7, 11) is 2.93. The SMILES string of the molecule is COC(=O)N(C)CCN(C(C)=O)N1CCN(Cc2cccc(NC(=O)Nc3ccc(C)nc3)c2F)CC1. The van der Waals surface area contributed by atoms with Crippen molar-refractivity contribution in [1.29, 1.82) is 0 Å². The van der Waals surface area contributed by atoms with Crippen LogP contribution >= 0.6 is 0 Å². The molecule has 4 amide bonds. The fourth-order valence-corrected chi connectivity index (χ4v) is 3.99. The van der Waals surface area contributed by atoms with E-state index in [-0.39, 0.29) is 11.6 Å². The predicted molar refractivity (Wildman–Crippen MR) is 137 cm³/mol. The van der Waals surface area contributed by atoms with Gasteiger partial charge in [-0.3, -0.25) is 19.7 Å².